The minimum Gasteiger partial charge on any atom is -0.373 e. The summed E-state index contributed by atoms with van der Waals surface area (Å²) in [5, 5.41) is 3.64. The van der Waals surface area contributed by atoms with Crippen molar-refractivity contribution in [3.05, 3.63) is 28.2 Å². The average Bonchev–Trinajstić information content (AvgIpc) is 2.33. The molecule has 1 aliphatic heterocycles. The van der Waals surface area contributed by atoms with Crippen molar-refractivity contribution in [3.8, 4) is 0 Å². The molecule has 1 heterocycles. The van der Waals surface area contributed by atoms with Gasteiger partial charge in [0.25, 0.3) is 0 Å². The van der Waals surface area contributed by atoms with Gasteiger partial charge in [0.05, 0.1) is 34.5 Å². The molecule has 2 rings (SSSR count). The number of benzene rings is 1. The molecule has 4 nitrogen and oxygen atoms in total. The quantitative estimate of drug-likeness (QED) is 0.932. The van der Waals surface area contributed by atoms with Crippen LogP contribution in [0.2, 0.25) is 10.0 Å². The number of nitrogens with one attached hydrogen (secondary N) is 1. The standard InChI is InChI=1S/C14H18Cl2N2O2/c1-14(2)9-18(6-7-20-14)8-12(19)17-13-10(15)4-3-5-11(13)16/h3-5H,6-9H2,1-2H3,(H,17,19). The molecule has 20 heavy (non-hydrogen) atoms. The van der Waals surface area contributed by atoms with Crippen molar-refractivity contribution < 1.29 is 9.53 Å². The molecule has 6 heteroatoms. The van der Waals surface area contributed by atoms with E-state index in [4.69, 9.17) is 27.9 Å². The summed E-state index contributed by atoms with van der Waals surface area (Å²) >= 11 is 12.1. The highest BCUT2D eigenvalue weighted by Gasteiger charge is 2.28. The number of rotatable bonds is 3. The largest absolute Gasteiger partial charge is 0.373 e. The first kappa shape index (κ1) is 15.6. The van der Waals surface area contributed by atoms with E-state index in [1.165, 1.54) is 0 Å². The Morgan fingerprint density at radius 1 is 1.40 bits per heavy atom. The van der Waals surface area contributed by atoms with E-state index in [0.29, 0.717) is 28.9 Å². The Labute approximate surface area is 129 Å². The van der Waals surface area contributed by atoms with Gasteiger partial charge in [0, 0.05) is 13.1 Å². The summed E-state index contributed by atoms with van der Waals surface area (Å²) in [5.74, 6) is -0.127. The van der Waals surface area contributed by atoms with E-state index in [1.807, 2.05) is 13.8 Å². The van der Waals surface area contributed by atoms with Crippen molar-refractivity contribution in [1.29, 1.82) is 0 Å². The molecule has 0 unspecified atom stereocenters. The number of morpholine rings is 1. The highest BCUT2D eigenvalue weighted by atomic mass is 35.5. The van der Waals surface area contributed by atoms with E-state index in [-0.39, 0.29) is 11.5 Å². The average molecular weight is 317 g/mol. The first-order valence-electron chi connectivity index (χ1n) is 6.47. The number of carbonyl (C=O) groups excluding carboxylic acids is 1. The lowest BCUT2D eigenvalue weighted by molar-refractivity contribution is -0.122. The highest BCUT2D eigenvalue weighted by molar-refractivity contribution is 6.39. The number of hydrogen-bond donors (Lipinski definition) is 1. The van der Waals surface area contributed by atoms with Gasteiger partial charge in [-0.25, -0.2) is 0 Å². The van der Waals surface area contributed by atoms with Crippen LogP contribution in [0.15, 0.2) is 18.2 Å². The molecular formula is C14H18Cl2N2O2. The summed E-state index contributed by atoms with van der Waals surface area (Å²) in [6, 6.07) is 5.13. The van der Waals surface area contributed by atoms with Gasteiger partial charge in [0.2, 0.25) is 5.91 Å². The van der Waals surface area contributed by atoms with Gasteiger partial charge >= 0.3 is 0 Å². The number of para-hydroxylation sites is 1. The molecular weight excluding hydrogens is 299 g/mol. The lowest BCUT2D eigenvalue weighted by Crippen LogP contribution is -2.50. The van der Waals surface area contributed by atoms with E-state index < -0.39 is 0 Å². The van der Waals surface area contributed by atoms with Crippen molar-refractivity contribution in [2.75, 3.05) is 31.6 Å². The van der Waals surface area contributed by atoms with Crippen LogP contribution in [-0.2, 0) is 9.53 Å². The van der Waals surface area contributed by atoms with Crippen LogP contribution in [0.3, 0.4) is 0 Å². The van der Waals surface area contributed by atoms with Crippen LogP contribution in [0.1, 0.15) is 13.8 Å². The molecule has 0 aromatic heterocycles. The van der Waals surface area contributed by atoms with Gasteiger partial charge in [-0.3, -0.25) is 9.69 Å². The number of anilines is 1. The topological polar surface area (TPSA) is 41.6 Å². The fraction of sp³-hybridized carbons (Fsp3) is 0.500. The van der Waals surface area contributed by atoms with Crippen LogP contribution >= 0.6 is 23.2 Å². The summed E-state index contributed by atoms with van der Waals surface area (Å²) in [6.07, 6.45) is 0. The Kier molecular flexibility index (Phi) is 4.91. The third-order valence-electron chi connectivity index (χ3n) is 3.10. The SMILES string of the molecule is CC1(C)CN(CC(=O)Nc2c(Cl)cccc2Cl)CCO1. The van der Waals surface area contributed by atoms with Crippen molar-refractivity contribution >= 4 is 34.8 Å². The van der Waals surface area contributed by atoms with E-state index in [2.05, 4.69) is 10.2 Å². The number of hydrogen-bond acceptors (Lipinski definition) is 3. The van der Waals surface area contributed by atoms with Crippen LogP contribution in [0.5, 0.6) is 0 Å². The minimum absolute atomic E-state index is 0.127. The van der Waals surface area contributed by atoms with Gasteiger partial charge < -0.3 is 10.1 Å². The van der Waals surface area contributed by atoms with Gasteiger partial charge in [-0.15, -0.1) is 0 Å². The Morgan fingerprint density at radius 3 is 2.65 bits per heavy atom. The highest BCUT2D eigenvalue weighted by Crippen LogP contribution is 2.29. The summed E-state index contributed by atoms with van der Waals surface area (Å²) in [6.45, 7) is 6.43. The van der Waals surface area contributed by atoms with E-state index in [1.54, 1.807) is 18.2 Å². The lowest BCUT2D eigenvalue weighted by atomic mass is 10.1. The zero-order chi connectivity index (χ0) is 14.8. The second-order valence-electron chi connectivity index (χ2n) is 5.46. The molecule has 110 valence electrons. The zero-order valence-electron chi connectivity index (χ0n) is 11.6. The maximum absolute atomic E-state index is 12.1. The van der Waals surface area contributed by atoms with Crippen LogP contribution in [0.4, 0.5) is 5.69 Å². The molecule has 1 saturated heterocycles. The summed E-state index contributed by atoms with van der Waals surface area (Å²) in [7, 11) is 0. The third-order valence-corrected chi connectivity index (χ3v) is 3.73. The van der Waals surface area contributed by atoms with E-state index in [9.17, 15) is 4.79 Å². The number of halogens is 2. The Balaban J connectivity index is 1.96. The Hall–Kier alpha value is -0.810. The van der Waals surface area contributed by atoms with Crippen molar-refractivity contribution in [2.45, 2.75) is 19.4 Å². The van der Waals surface area contributed by atoms with Crippen LogP contribution in [0, 0.1) is 0 Å². The molecule has 0 atom stereocenters. The van der Waals surface area contributed by atoms with E-state index >= 15 is 0 Å². The molecule has 1 fully saturated rings. The minimum atomic E-state index is -0.222. The zero-order valence-corrected chi connectivity index (χ0v) is 13.1. The van der Waals surface area contributed by atoms with Crippen LogP contribution in [-0.4, -0.2) is 42.6 Å². The fourth-order valence-corrected chi connectivity index (χ4v) is 2.74. The van der Waals surface area contributed by atoms with Crippen LogP contribution in [0.25, 0.3) is 0 Å². The predicted molar refractivity (Wildman–Crippen MR) is 81.6 cm³/mol. The summed E-state index contributed by atoms with van der Waals surface area (Å²) in [5.41, 5.74) is 0.244. The first-order chi connectivity index (χ1) is 9.37. The van der Waals surface area contributed by atoms with Gasteiger partial charge in [0.15, 0.2) is 0 Å². The maximum atomic E-state index is 12.1. The molecule has 1 aromatic rings. The molecule has 1 N–H and O–H groups in total. The molecule has 0 radical (unpaired) electrons. The van der Waals surface area contributed by atoms with Crippen LogP contribution < -0.4 is 5.32 Å². The molecule has 1 aliphatic rings. The van der Waals surface area contributed by atoms with Gasteiger partial charge in [-0.1, -0.05) is 29.3 Å². The molecule has 0 saturated carbocycles. The van der Waals surface area contributed by atoms with Crippen molar-refractivity contribution in [1.82, 2.24) is 4.90 Å². The first-order valence-corrected chi connectivity index (χ1v) is 7.23. The molecule has 0 aliphatic carbocycles. The van der Waals surface area contributed by atoms with Gasteiger partial charge in [-0.2, -0.15) is 0 Å². The third kappa shape index (κ3) is 4.09. The van der Waals surface area contributed by atoms with Gasteiger partial charge in [0.1, 0.15) is 0 Å². The number of carbonyl (C=O) groups is 1. The Bertz CT molecular complexity index is 486. The van der Waals surface area contributed by atoms with Crippen molar-refractivity contribution in [3.63, 3.8) is 0 Å². The fourth-order valence-electron chi connectivity index (χ4n) is 2.25. The maximum Gasteiger partial charge on any atom is 0.238 e. The normalized spacial score (nSPS) is 18.8. The Morgan fingerprint density at radius 2 is 2.05 bits per heavy atom. The monoisotopic (exact) mass is 316 g/mol. The predicted octanol–water partition coefficient (Wildman–Crippen LogP) is 3.04. The smallest absolute Gasteiger partial charge is 0.238 e. The van der Waals surface area contributed by atoms with Crippen molar-refractivity contribution in [2.24, 2.45) is 0 Å². The number of amides is 1. The molecule has 0 bridgehead atoms. The second-order valence-corrected chi connectivity index (χ2v) is 6.28. The summed E-state index contributed by atoms with van der Waals surface area (Å²) in [4.78, 5) is 14.1. The second kappa shape index (κ2) is 6.31. The molecule has 1 aromatic carbocycles. The van der Waals surface area contributed by atoms with Gasteiger partial charge in [-0.05, 0) is 26.0 Å². The molecule has 1 amide bonds. The van der Waals surface area contributed by atoms with E-state index in [0.717, 1.165) is 13.1 Å². The molecule has 0 spiro atoms. The summed E-state index contributed by atoms with van der Waals surface area (Å²) < 4.78 is 5.62. The number of nitrogens with zero attached hydrogens (tertiary/aromatic N) is 1. The number of ether oxygens (including phenoxy) is 1. The lowest BCUT2D eigenvalue weighted by Gasteiger charge is -2.37.